The fraction of sp³-hybridized carbons (Fsp3) is 0.643. The zero-order valence-corrected chi connectivity index (χ0v) is 11.7. The summed E-state index contributed by atoms with van der Waals surface area (Å²) in [6.45, 7) is 5.87. The lowest BCUT2D eigenvalue weighted by atomic mass is 9.91. The highest BCUT2D eigenvalue weighted by Crippen LogP contribution is 2.32. The van der Waals surface area contributed by atoms with Gasteiger partial charge in [0.15, 0.2) is 0 Å². The molecule has 1 aromatic heterocycles. The molecule has 0 aromatic carbocycles. The third kappa shape index (κ3) is 3.23. The molecule has 112 valence electrons. The number of alkyl halides is 3. The Bertz CT molecular complexity index is 463. The average Bonchev–Trinajstić information content (AvgIpc) is 2.35. The van der Waals surface area contributed by atoms with E-state index in [4.69, 9.17) is 5.73 Å². The molecule has 0 radical (unpaired) electrons. The fourth-order valence-electron chi connectivity index (χ4n) is 2.90. The van der Waals surface area contributed by atoms with E-state index >= 15 is 0 Å². The lowest BCUT2D eigenvalue weighted by Gasteiger charge is -2.37. The highest BCUT2D eigenvalue weighted by atomic mass is 19.4. The summed E-state index contributed by atoms with van der Waals surface area (Å²) in [4.78, 5) is 5.77. The summed E-state index contributed by atoms with van der Waals surface area (Å²) >= 11 is 0. The number of nitrogens with zero attached hydrogens (tertiary/aromatic N) is 2. The highest BCUT2D eigenvalue weighted by Gasteiger charge is 2.34. The van der Waals surface area contributed by atoms with Crippen molar-refractivity contribution in [1.82, 2.24) is 4.98 Å². The van der Waals surface area contributed by atoms with Crippen molar-refractivity contribution in [3.63, 3.8) is 0 Å². The Kier molecular flexibility index (Phi) is 4.22. The number of pyridine rings is 1. The van der Waals surface area contributed by atoms with Crippen LogP contribution in [-0.2, 0) is 12.7 Å². The van der Waals surface area contributed by atoms with E-state index in [1.165, 1.54) is 6.07 Å². The molecular formula is C14H20F3N3. The summed E-state index contributed by atoms with van der Waals surface area (Å²) < 4.78 is 38.4. The van der Waals surface area contributed by atoms with Crippen molar-refractivity contribution < 1.29 is 13.2 Å². The first-order chi connectivity index (χ1) is 9.31. The molecule has 0 spiro atoms. The highest BCUT2D eigenvalue weighted by molar-refractivity contribution is 5.48. The van der Waals surface area contributed by atoms with Gasteiger partial charge in [0, 0.05) is 25.2 Å². The van der Waals surface area contributed by atoms with Gasteiger partial charge in [0.05, 0.1) is 0 Å². The lowest BCUT2D eigenvalue weighted by molar-refractivity contribution is -0.141. The standard InChI is InChI=1S/C14H20F3N3/c1-9-5-10(2)8-20(7-9)13-11(6-18)3-4-12(19-13)14(15,16)17/h3-4,9-10H,5-8,18H2,1-2H3. The van der Waals surface area contributed by atoms with E-state index in [2.05, 4.69) is 18.8 Å². The number of hydrogen-bond donors (Lipinski definition) is 1. The summed E-state index contributed by atoms with van der Waals surface area (Å²) in [5, 5.41) is 0. The van der Waals surface area contributed by atoms with Crippen molar-refractivity contribution >= 4 is 5.82 Å². The fourth-order valence-corrected chi connectivity index (χ4v) is 2.90. The van der Waals surface area contributed by atoms with Gasteiger partial charge in [-0.2, -0.15) is 13.2 Å². The van der Waals surface area contributed by atoms with Crippen molar-refractivity contribution in [3.05, 3.63) is 23.4 Å². The van der Waals surface area contributed by atoms with Crippen LogP contribution in [0.25, 0.3) is 0 Å². The molecule has 2 rings (SSSR count). The maximum Gasteiger partial charge on any atom is 0.433 e. The van der Waals surface area contributed by atoms with Gasteiger partial charge in [-0.3, -0.25) is 0 Å². The van der Waals surface area contributed by atoms with Crippen molar-refractivity contribution in [2.45, 2.75) is 33.0 Å². The van der Waals surface area contributed by atoms with Gasteiger partial charge in [0.2, 0.25) is 0 Å². The van der Waals surface area contributed by atoms with Crippen molar-refractivity contribution in [1.29, 1.82) is 0 Å². The van der Waals surface area contributed by atoms with Crippen molar-refractivity contribution in [3.8, 4) is 0 Å². The van der Waals surface area contributed by atoms with Crippen LogP contribution < -0.4 is 10.6 Å². The number of aromatic nitrogens is 1. The molecule has 1 saturated heterocycles. The molecular weight excluding hydrogens is 267 g/mol. The van der Waals surface area contributed by atoms with Gasteiger partial charge in [-0.05, 0) is 24.3 Å². The van der Waals surface area contributed by atoms with Crippen LogP contribution in [0.15, 0.2) is 12.1 Å². The zero-order chi connectivity index (χ0) is 14.9. The molecule has 2 atom stereocenters. The smallest absolute Gasteiger partial charge is 0.356 e. The first kappa shape index (κ1) is 15.1. The Morgan fingerprint density at radius 2 is 1.85 bits per heavy atom. The Hall–Kier alpha value is -1.30. The maximum absolute atomic E-state index is 12.8. The maximum atomic E-state index is 12.8. The van der Waals surface area contributed by atoms with Gasteiger partial charge in [0.1, 0.15) is 11.5 Å². The molecule has 0 aliphatic carbocycles. The van der Waals surface area contributed by atoms with Gasteiger partial charge in [-0.1, -0.05) is 19.9 Å². The Balaban J connectivity index is 2.37. The first-order valence-corrected chi connectivity index (χ1v) is 6.83. The molecule has 0 saturated carbocycles. The van der Waals surface area contributed by atoms with Crippen LogP contribution in [0.1, 0.15) is 31.5 Å². The molecule has 1 aliphatic rings. The van der Waals surface area contributed by atoms with E-state index in [0.717, 1.165) is 25.6 Å². The second kappa shape index (κ2) is 5.60. The van der Waals surface area contributed by atoms with Crippen LogP contribution in [0.2, 0.25) is 0 Å². The number of rotatable bonds is 2. The quantitative estimate of drug-likeness (QED) is 0.909. The van der Waals surface area contributed by atoms with Crippen LogP contribution in [0.3, 0.4) is 0 Å². The van der Waals surface area contributed by atoms with E-state index in [1.807, 2.05) is 4.90 Å². The van der Waals surface area contributed by atoms with E-state index < -0.39 is 11.9 Å². The SMILES string of the molecule is CC1CC(C)CN(c2nc(C(F)(F)F)ccc2CN)C1. The molecule has 0 bridgehead atoms. The Morgan fingerprint density at radius 3 is 2.35 bits per heavy atom. The third-order valence-electron chi connectivity index (χ3n) is 3.63. The number of hydrogen-bond acceptors (Lipinski definition) is 3. The van der Waals surface area contributed by atoms with Crippen LogP contribution in [-0.4, -0.2) is 18.1 Å². The Labute approximate surface area is 117 Å². The molecule has 0 amide bonds. The molecule has 2 heterocycles. The lowest BCUT2D eigenvalue weighted by Crippen LogP contribution is -2.40. The van der Waals surface area contributed by atoms with Gasteiger partial charge in [0.25, 0.3) is 0 Å². The summed E-state index contributed by atoms with van der Waals surface area (Å²) in [5.41, 5.74) is 5.45. The average molecular weight is 287 g/mol. The van der Waals surface area contributed by atoms with E-state index in [1.54, 1.807) is 0 Å². The van der Waals surface area contributed by atoms with Crippen molar-refractivity contribution in [2.75, 3.05) is 18.0 Å². The zero-order valence-electron chi connectivity index (χ0n) is 11.7. The number of nitrogens with two attached hydrogens (primary N) is 1. The molecule has 1 aliphatic heterocycles. The second-order valence-corrected chi connectivity index (χ2v) is 5.73. The Morgan fingerprint density at radius 1 is 1.25 bits per heavy atom. The summed E-state index contributed by atoms with van der Waals surface area (Å²) in [7, 11) is 0. The summed E-state index contributed by atoms with van der Waals surface area (Å²) in [6.07, 6.45) is -3.33. The number of piperidine rings is 1. The third-order valence-corrected chi connectivity index (χ3v) is 3.63. The second-order valence-electron chi connectivity index (χ2n) is 5.73. The number of anilines is 1. The molecule has 3 nitrogen and oxygen atoms in total. The number of halogens is 3. The van der Waals surface area contributed by atoms with E-state index in [0.29, 0.717) is 23.2 Å². The van der Waals surface area contributed by atoms with Gasteiger partial charge in [-0.25, -0.2) is 4.98 Å². The van der Waals surface area contributed by atoms with E-state index in [-0.39, 0.29) is 6.54 Å². The van der Waals surface area contributed by atoms with Gasteiger partial charge >= 0.3 is 6.18 Å². The largest absolute Gasteiger partial charge is 0.433 e. The predicted molar refractivity (Wildman–Crippen MR) is 72.3 cm³/mol. The molecule has 1 fully saturated rings. The van der Waals surface area contributed by atoms with Crippen LogP contribution in [0.4, 0.5) is 19.0 Å². The molecule has 2 N–H and O–H groups in total. The minimum absolute atomic E-state index is 0.194. The minimum Gasteiger partial charge on any atom is -0.356 e. The van der Waals surface area contributed by atoms with Crippen molar-refractivity contribution in [2.24, 2.45) is 17.6 Å². The summed E-state index contributed by atoms with van der Waals surface area (Å²) in [5.74, 6) is 1.28. The van der Waals surface area contributed by atoms with Crippen LogP contribution in [0.5, 0.6) is 0 Å². The van der Waals surface area contributed by atoms with Gasteiger partial charge < -0.3 is 10.6 Å². The van der Waals surface area contributed by atoms with E-state index in [9.17, 15) is 13.2 Å². The van der Waals surface area contributed by atoms with Gasteiger partial charge in [-0.15, -0.1) is 0 Å². The predicted octanol–water partition coefficient (Wildman–Crippen LogP) is 3.04. The minimum atomic E-state index is -4.42. The van der Waals surface area contributed by atoms with Crippen LogP contribution >= 0.6 is 0 Å². The monoisotopic (exact) mass is 287 g/mol. The molecule has 2 unspecified atom stereocenters. The molecule has 1 aromatic rings. The normalized spacial score (nSPS) is 24.0. The summed E-state index contributed by atoms with van der Waals surface area (Å²) in [6, 6.07) is 2.44. The molecule has 20 heavy (non-hydrogen) atoms. The van der Waals surface area contributed by atoms with Crippen LogP contribution in [0, 0.1) is 11.8 Å². The topological polar surface area (TPSA) is 42.2 Å². The molecule has 6 heteroatoms. The first-order valence-electron chi connectivity index (χ1n) is 6.83.